The SMILES string of the molecule is CCC(C)c1cc2c(O)c3ccc4c(OC)c5cc6c(O)ccc(O)c6c(O)c5c(O)c4c3c(O)c2c(=O)n1CC(=O)N1CC(C(=O)O)NC(=O)C1C. The fraction of sp³-hybridized carbons (Fsp3) is 0.263. The van der Waals surface area contributed by atoms with Crippen molar-refractivity contribution in [2.24, 2.45) is 0 Å². The Morgan fingerprint density at radius 3 is 2.09 bits per heavy atom. The lowest BCUT2D eigenvalue weighted by Gasteiger charge is -2.36. The number of ether oxygens (including phenoxy) is 1. The Morgan fingerprint density at radius 2 is 1.43 bits per heavy atom. The molecule has 3 unspecified atom stereocenters. The molecule has 274 valence electrons. The fourth-order valence-electron chi connectivity index (χ4n) is 7.50. The number of methoxy groups -OCH3 is 1. The zero-order valence-electron chi connectivity index (χ0n) is 28.9. The van der Waals surface area contributed by atoms with E-state index in [1.54, 1.807) is 6.92 Å². The molecule has 0 spiro atoms. The number of hydrogen-bond acceptors (Lipinski definition) is 11. The second-order valence-electron chi connectivity index (χ2n) is 13.3. The molecule has 15 nitrogen and oxygen atoms in total. The first-order valence-corrected chi connectivity index (χ1v) is 16.7. The summed E-state index contributed by atoms with van der Waals surface area (Å²) in [6, 6.07) is 5.87. The Balaban J connectivity index is 1.55. The molecule has 0 aliphatic carbocycles. The number of carboxylic acid groups (broad SMARTS) is 1. The van der Waals surface area contributed by atoms with Crippen LogP contribution in [0.15, 0.2) is 41.2 Å². The van der Waals surface area contributed by atoms with Crippen molar-refractivity contribution in [3.63, 3.8) is 0 Å². The number of aromatic nitrogens is 1. The summed E-state index contributed by atoms with van der Waals surface area (Å²) in [4.78, 5) is 53.6. The van der Waals surface area contributed by atoms with Gasteiger partial charge in [0, 0.05) is 43.4 Å². The number of nitrogens with zero attached hydrogens (tertiary/aromatic N) is 2. The Hall–Kier alpha value is -6.64. The van der Waals surface area contributed by atoms with Crippen LogP contribution in [0.25, 0.3) is 53.9 Å². The highest BCUT2D eigenvalue weighted by Crippen LogP contribution is 2.55. The number of carboxylic acids is 1. The van der Waals surface area contributed by atoms with Gasteiger partial charge in [-0.1, -0.05) is 13.8 Å². The van der Waals surface area contributed by atoms with Crippen LogP contribution in [0.1, 0.15) is 38.8 Å². The lowest BCUT2D eigenvalue weighted by Crippen LogP contribution is -2.63. The number of phenols is 6. The maximum Gasteiger partial charge on any atom is 0.328 e. The van der Waals surface area contributed by atoms with Gasteiger partial charge in [0.1, 0.15) is 58.9 Å². The standard InChI is InChI=1S/C38H35N3O12/c1-5-14(2)22-11-19-30(37(50)41(22)13-25(44)40-12-21(38(51)52)39-36(49)15(40)3)34(48)27-16(31(19)45)6-7-17-28(27)33(47)29-20(35(17)53-4)10-18-23(42)8-9-24(43)26(18)32(29)46/h6-11,14-15,21,42-43,45-48H,5,12-13H2,1-4H3,(H,39,49)(H,51,52). The van der Waals surface area contributed by atoms with Gasteiger partial charge in [-0.05, 0) is 55.7 Å². The van der Waals surface area contributed by atoms with Crippen molar-refractivity contribution in [3.8, 4) is 40.2 Å². The summed E-state index contributed by atoms with van der Waals surface area (Å²) in [7, 11) is 1.33. The zero-order valence-corrected chi connectivity index (χ0v) is 28.9. The van der Waals surface area contributed by atoms with Crippen LogP contribution in [-0.4, -0.2) is 88.7 Å². The maximum atomic E-state index is 14.5. The number of phenolic OH excluding ortho intramolecular Hbond substituents is 6. The van der Waals surface area contributed by atoms with Gasteiger partial charge in [0.15, 0.2) is 0 Å². The monoisotopic (exact) mass is 725 g/mol. The van der Waals surface area contributed by atoms with E-state index >= 15 is 0 Å². The molecule has 2 amide bonds. The van der Waals surface area contributed by atoms with Crippen LogP contribution in [0.4, 0.5) is 0 Å². The minimum Gasteiger partial charge on any atom is -0.507 e. The van der Waals surface area contributed by atoms with Gasteiger partial charge < -0.3 is 55.3 Å². The van der Waals surface area contributed by atoms with E-state index < -0.39 is 76.1 Å². The zero-order chi connectivity index (χ0) is 38.4. The maximum absolute atomic E-state index is 14.5. The van der Waals surface area contributed by atoms with Crippen LogP contribution in [0.3, 0.4) is 0 Å². The molecule has 8 N–H and O–H groups in total. The van der Waals surface area contributed by atoms with Crippen molar-refractivity contribution >= 4 is 71.6 Å². The van der Waals surface area contributed by atoms with Gasteiger partial charge in [0.25, 0.3) is 5.56 Å². The molecule has 0 bridgehead atoms. The van der Waals surface area contributed by atoms with Crippen molar-refractivity contribution in [2.45, 2.75) is 51.7 Å². The minimum atomic E-state index is -1.36. The third kappa shape index (κ3) is 4.94. The number of nitrogens with one attached hydrogen (secondary N) is 1. The highest BCUT2D eigenvalue weighted by molar-refractivity contribution is 6.28. The van der Waals surface area contributed by atoms with Crippen LogP contribution in [0.2, 0.25) is 0 Å². The van der Waals surface area contributed by atoms with E-state index in [4.69, 9.17) is 4.74 Å². The number of carbonyl (C=O) groups is 3. The van der Waals surface area contributed by atoms with Crippen LogP contribution in [0.5, 0.6) is 40.2 Å². The summed E-state index contributed by atoms with van der Waals surface area (Å²) in [5.74, 6) is -6.00. The third-order valence-electron chi connectivity index (χ3n) is 10.5. The molecular weight excluding hydrogens is 690 g/mol. The number of pyridine rings is 1. The number of piperazine rings is 1. The molecule has 0 saturated carbocycles. The van der Waals surface area contributed by atoms with Gasteiger partial charge in [-0.25, -0.2) is 4.79 Å². The van der Waals surface area contributed by atoms with Crippen LogP contribution < -0.4 is 15.6 Å². The van der Waals surface area contributed by atoms with Crippen molar-refractivity contribution in [1.29, 1.82) is 0 Å². The van der Waals surface area contributed by atoms with Gasteiger partial charge in [-0.3, -0.25) is 14.4 Å². The van der Waals surface area contributed by atoms with Gasteiger partial charge in [0.2, 0.25) is 11.8 Å². The predicted octanol–water partition coefficient (Wildman–Crippen LogP) is 4.17. The first-order chi connectivity index (χ1) is 25.1. The van der Waals surface area contributed by atoms with Crippen LogP contribution >= 0.6 is 0 Å². The number of carbonyl (C=O) groups excluding carboxylic acids is 2. The van der Waals surface area contributed by atoms with E-state index in [1.165, 1.54) is 50.4 Å². The number of rotatable bonds is 6. The summed E-state index contributed by atoms with van der Waals surface area (Å²) in [5, 5.41) is 79.4. The lowest BCUT2D eigenvalue weighted by molar-refractivity contribution is -0.151. The first kappa shape index (κ1) is 34.8. The average molecular weight is 726 g/mol. The smallest absolute Gasteiger partial charge is 0.328 e. The Labute approximate surface area is 299 Å². The van der Waals surface area contributed by atoms with E-state index in [2.05, 4.69) is 5.32 Å². The first-order valence-electron chi connectivity index (χ1n) is 16.7. The molecule has 1 aliphatic heterocycles. The molecule has 1 aromatic heterocycles. The molecule has 7 rings (SSSR count). The number of aromatic hydroxyl groups is 6. The molecule has 15 heteroatoms. The van der Waals surface area contributed by atoms with Crippen molar-refractivity contribution < 1.29 is 54.9 Å². The van der Waals surface area contributed by atoms with Crippen molar-refractivity contribution in [3.05, 3.63) is 52.4 Å². The second-order valence-corrected chi connectivity index (χ2v) is 13.3. The molecule has 53 heavy (non-hydrogen) atoms. The Bertz CT molecular complexity index is 2690. The average Bonchev–Trinajstić information content (AvgIpc) is 3.12. The second kappa shape index (κ2) is 12.3. The van der Waals surface area contributed by atoms with Crippen molar-refractivity contribution in [1.82, 2.24) is 14.8 Å². The molecule has 6 aromatic rings. The van der Waals surface area contributed by atoms with Crippen LogP contribution in [-0.2, 0) is 20.9 Å². The molecule has 1 fully saturated rings. The third-order valence-corrected chi connectivity index (χ3v) is 10.5. The number of benzene rings is 5. The molecule has 0 radical (unpaired) electrons. The van der Waals surface area contributed by atoms with Gasteiger partial charge >= 0.3 is 5.97 Å². The predicted molar refractivity (Wildman–Crippen MR) is 194 cm³/mol. The van der Waals surface area contributed by atoms with E-state index in [0.717, 1.165) is 9.47 Å². The Morgan fingerprint density at radius 1 is 0.811 bits per heavy atom. The highest BCUT2D eigenvalue weighted by Gasteiger charge is 2.38. The number of fused-ring (bicyclic) bond motifs is 6. The summed E-state index contributed by atoms with van der Waals surface area (Å²) < 4.78 is 6.85. The molecule has 1 aliphatic rings. The van der Waals surface area contributed by atoms with Gasteiger partial charge in [-0.15, -0.1) is 0 Å². The van der Waals surface area contributed by atoms with E-state index in [-0.39, 0.29) is 72.4 Å². The number of aliphatic carboxylic acids is 1. The molecule has 2 heterocycles. The molecule has 1 saturated heterocycles. The fourth-order valence-corrected chi connectivity index (χ4v) is 7.50. The number of hydrogen-bond donors (Lipinski definition) is 8. The Kier molecular flexibility index (Phi) is 8.04. The highest BCUT2D eigenvalue weighted by atomic mass is 16.5. The quantitative estimate of drug-likeness (QED) is 0.0686. The van der Waals surface area contributed by atoms with E-state index in [1.807, 2.05) is 6.92 Å². The van der Waals surface area contributed by atoms with Crippen molar-refractivity contribution in [2.75, 3.05) is 13.7 Å². The molecule has 5 aromatic carbocycles. The van der Waals surface area contributed by atoms with Crippen LogP contribution in [0, 0.1) is 0 Å². The summed E-state index contributed by atoms with van der Waals surface area (Å²) in [6.07, 6.45) is 0.500. The lowest BCUT2D eigenvalue weighted by atomic mass is 9.90. The normalized spacial score (nSPS) is 16.8. The summed E-state index contributed by atoms with van der Waals surface area (Å²) >= 11 is 0. The number of amides is 2. The van der Waals surface area contributed by atoms with Gasteiger partial charge in [0.05, 0.1) is 29.8 Å². The van der Waals surface area contributed by atoms with Gasteiger partial charge in [-0.2, -0.15) is 0 Å². The summed E-state index contributed by atoms with van der Waals surface area (Å²) in [6.45, 7) is 4.10. The molecule has 3 atom stereocenters. The molecular formula is C38H35N3O12. The van der Waals surface area contributed by atoms with E-state index in [0.29, 0.717) is 12.1 Å². The summed E-state index contributed by atoms with van der Waals surface area (Å²) in [5.41, 5.74) is -0.560. The van der Waals surface area contributed by atoms with E-state index in [9.17, 15) is 54.9 Å². The largest absolute Gasteiger partial charge is 0.507 e. The topological polar surface area (TPSA) is 239 Å². The minimum absolute atomic E-state index is 0.0242.